The van der Waals surface area contributed by atoms with Gasteiger partial charge in [0.05, 0.1) is 12.2 Å². The Morgan fingerprint density at radius 3 is 2.71 bits per heavy atom. The highest BCUT2D eigenvalue weighted by atomic mass is 19.1. The van der Waals surface area contributed by atoms with Crippen molar-refractivity contribution in [1.82, 2.24) is 26.3 Å². The minimum Gasteiger partial charge on any atom is -0.325 e. The molecule has 9 nitrogen and oxygen atoms in total. The summed E-state index contributed by atoms with van der Waals surface area (Å²) in [7, 11) is 0. The number of amides is 3. The molecule has 34 heavy (non-hydrogen) atoms. The second-order valence-corrected chi connectivity index (χ2v) is 7.42. The summed E-state index contributed by atoms with van der Waals surface area (Å²) in [5, 5.41) is 17.5. The third kappa shape index (κ3) is 6.16. The van der Waals surface area contributed by atoms with E-state index in [1.807, 2.05) is 26.0 Å². The molecule has 0 aliphatic carbocycles. The smallest absolute Gasteiger partial charge is 0.325 e. The van der Waals surface area contributed by atoms with Gasteiger partial charge in [-0.2, -0.15) is 5.10 Å². The molecule has 4 N–H and O–H groups in total. The monoisotopic (exact) mass is 467 g/mol. The van der Waals surface area contributed by atoms with E-state index in [0.29, 0.717) is 23.8 Å². The molecule has 4 rings (SSSR count). The SMILES string of the molecule is CC.CCCNCC1=CC(=NCc2ccccc2F)NC2=CC(/C=C3\NC(=O)NC3=O)C=NN12. The summed E-state index contributed by atoms with van der Waals surface area (Å²) < 4.78 is 14.0. The molecule has 0 saturated carbocycles. The van der Waals surface area contributed by atoms with Crippen LogP contribution in [0.4, 0.5) is 9.18 Å². The number of aliphatic imine (C=N–C) groups is 1. The number of halogens is 1. The lowest BCUT2D eigenvalue weighted by molar-refractivity contribution is -0.115. The second kappa shape index (κ2) is 11.9. The van der Waals surface area contributed by atoms with Gasteiger partial charge in [-0.3, -0.25) is 15.1 Å². The topological polar surface area (TPSA) is 110 Å². The predicted octanol–water partition coefficient (Wildman–Crippen LogP) is 2.72. The van der Waals surface area contributed by atoms with Gasteiger partial charge in [0, 0.05) is 30.3 Å². The summed E-state index contributed by atoms with van der Waals surface area (Å²) in [4.78, 5) is 27.7. The molecule has 1 saturated heterocycles. The Morgan fingerprint density at radius 1 is 1.21 bits per heavy atom. The number of carbonyl (C=O) groups excluding carboxylic acids is 2. The minimum absolute atomic E-state index is 0.182. The molecule has 10 heteroatoms. The Labute approximate surface area is 198 Å². The van der Waals surface area contributed by atoms with Crippen LogP contribution in [0, 0.1) is 11.7 Å². The van der Waals surface area contributed by atoms with E-state index < -0.39 is 11.9 Å². The maximum Gasteiger partial charge on any atom is 0.326 e. The molecule has 0 bridgehead atoms. The summed E-state index contributed by atoms with van der Waals surface area (Å²) in [6.45, 7) is 7.71. The van der Waals surface area contributed by atoms with Crippen molar-refractivity contribution in [3.05, 3.63) is 71.1 Å². The minimum atomic E-state index is -0.547. The molecule has 1 atom stereocenters. The largest absolute Gasteiger partial charge is 0.326 e. The third-order valence-corrected chi connectivity index (χ3v) is 4.95. The average molecular weight is 468 g/mol. The van der Waals surface area contributed by atoms with Crippen LogP contribution in [-0.2, 0) is 11.3 Å². The van der Waals surface area contributed by atoms with Crippen LogP contribution in [0.15, 0.2) is 69.8 Å². The number of hydrogen-bond acceptors (Lipinski definition) is 6. The number of nitrogens with one attached hydrogen (secondary N) is 4. The fraction of sp³-hybridized carbons (Fsp3) is 0.333. The number of allylic oxidation sites excluding steroid dienone is 2. The summed E-state index contributed by atoms with van der Waals surface area (Å²) in [6, 6.07) is 5.99. The van der Waals surface area contributed by atoms with Crippen molar-refractivity contribution in [2.45, 2.75) is 33.7 Å². The lowest BCUT2D eigenvalue weighted by Crippen LogP contribution is -2.41. The maximum atomic E-state index is 14.0. The van der Waals surface area contributed by atoms with Gasteiger partial charge in [0.1, 0.15) is 23.2 Å². The van der Waals surface area contributed by atoms with Crippen LogP contribution < -0.4 is 21.3 Å². The van der Waals surface area contributed by atoms with Gasteiger partial charge in [-0.25, -0.2) is 14.2 Å². The Balaban J connectivity index is 0.00000158. The van der Waals surface area contributed by atoms with Crippen LogP contribution >= 0.6 is 0 Å². The molecule has 0 aromatic heterocycles. The zero-order valence-electron chi connectivity index (χ0n) is 19.6. The molecule has 1 unspecified atom stereocenters. The normalized spacial score (nSPS) is 21.2. The van der Waals surface area contributed by atoms with Crippen LogP contribution in [0.1, 0.15) is 32.8 Å². The summed E-state index contributed by atoms with van der Waals surface area (Å²) in [5.74, 6) is 0.163. The molecule has 0 radical (unpaired) electrons. The highest BCUT2D eigenvalue weighted by Crippen LogP contribution is 2.23. The van der Waals surface area contributed by atoms with Crippen molar-refractivity contribution in [2.24, 2.45) is 16.0 Å². The number of fused-ring (bicyclic) bond motifs is 1. The molecule has 1 aromatic carbocycles. The highest BCUT2D eigenvalue weighted by molar-refractivity contribution is 6.11. The summed E-state index contributed by atoms with van der Waals surface area (Å²) >= 11 is 0. The Bertz CT molecular complexity index is 1070. The van der Waals surface area contributed by atoms with Gasteiger partial charge in [0.25, 0.3) is 5.91 Å². The Morgan fingerprint density at radius 2 is 2.00 bits per heavy atom. The standard InChI is InChI=1S/C22H24FN7O2.C2H6/c1-2-7-24-13-16-10-19(25-12-15-5-3-4-6-17(15)23)28-20-9-14(11-26-30(16)20)8-18-21(31)29-22(32)27-18;1-2/h3-6,8-11,14,24H,2,7,12-13H2,1H3,(H,25,28)(H2,27,29,31,32);1-2H3/b18-8-;. The van der Waals surface area contributed by atoms with Crippen LogP contribution in [0.25, 0.3) is 0 Å². The van der Waals surface area contributed by atoms with E-state index in [9.17, 15) is 14.0 Å². The molecule has 1 aromatic rings. The summed E-state index contributed by atoms with van der Waals surface area (Å²) in [5.41, 5.74) is 1.57. The number of urea groups is 1. The number of hydrogen-bond donors (Lipinski definition) is 4. The number of amidine groups is 1. The number of nitrogens with zero attached hydrogens (tertiary/aromatic N) is 3. The number of hydrazone groups is 1. The first kappa shape index (κ1) is 24.8. The number of benzene rings is 1. The van der Waals surface area contributed by atoms with Crippen molar-refractivity contribution in [2.75, 3.05) is 13.1 Å². The average Bonchev–Trinajstić information content (AvgIpc) is 3.16. The fourth-order valence-corrected chi connectivity index (χ4v) is 3.39. The zero-order chi connectivity index (χ0) is 24.5. The molecular formula is C24H30FN7O2. The van der Waals surface area contributed by atoms with Crippen molar-refractivity contribution in [3.63, 3.8) is 0 Å². The first-order valence-corrected chi connectivity index (χ1v) is 11.4. The molecule has 0 spiro atoms. The van der Waals surface area contributed by atoms with Gasteiger partial charge in [-0.1, -0.05) is 39.0 Å². The van der Waals surface area contributed by atoms with Gasteiger partial charge >= 0.3 is 6.03 Å². The van der Waals surface area contributed by atoms with Gasteiger partial charge in [-0.15, -0.1) is 0 Å². The van der Waals surface area contributed by atoms with E-state index in [0.717, 1.165) is 18.7 Å². The van der Waals surface area contributed by atoms with E-state index in [1.54, 1.807) is 35.5 Å². The van der Waals surface area contributed by atoms with E-state index in [2.05, 4.69) is 38.3 Å². The first-order chi connectivity index (χ1) is 16.5. The molecule has 3 aliphatic heterocycles. The van der Waals surface area contributed by atoms with E-state index in [-0.39, 0.29) is 24.0 Å². The van der Waals surface area contributed by atoms with E-state index in [4.69, 9.17) is 0 Å². The predicted molar refractivity (Wildman–Crippen MR) is 130 cm³/mol. The fourth-order valence-electron chi connectivity index (χ4n) is 3.39. The molecule has 3 heterocycles. The lowest BCUT2D eigenvalue weighted by atomic mass is 10.1. The summed E-state index contributed by atoms with van der Waals surface area (Å²) in [6.07, 6.45) is 8.06. The molecule has 180 valence electrons. The van der Waals surface area contributed by atoms with Crippen LogP contribution in [0.5, 0.6) is 0 Å². The Hall–Kier alpha value is -3.79. The third-order valence-electron chi connectivity index (χ3n) is 4.95. The van der Waals surface area contributed by atoms with Crippen LogP contribution in [0.3, 0.4) is 0 Å². The number of imide groups is 1. The highest BCUT2D eigenvalue weighted by Gasteiger charge is 2.27. The van der Waals surface area contributed by atoms with Gasteiger partial charge in [0.2, 0.25) is 0 Å². The number of carbonyl (C=O) groups is 2. The van der Waals surface area contributed by atoms with E-state index >= 15 is 0 Å². The van der Waals surface area contributed by atoms with Crippen molar-refractivity contribution in [1.29, 1.82) is 0 Å². The van der Waals surface area contributed by atoms with Crippen molar-refractivity contribution < 1.29 is 14.0 Å². The van der Waals surface area contributed by atoms with Crippen LogP contribution in [0.2, 0.25) is 0 Å². The second-order valence-electron chi connectivity index (χ2n) is 7.42. The Kier molecular flexibility index (Phi) is 8.69. The molecule has 3 aliphatic rings. The number of rotatable bonds is 7. The van der Waals surface area contributed by atoms with E-state index in [1.165, 1.54) is 6.07 Å². The molecule has 1 fully saturated rings. The van der Waals surface area contributed by atoms with Gasteiger partial charge < -0.3 is 16.0 Å². The molecule has 3 amide bonds. The quantitative estimate of drug-likeness (QED) is 0.280. The first-order valence-electron chi connectivity index (χ1n) is 11.4. The zero-order valence-corrected chi connectivity index (χ0v) is 19.6. The van der Waals surface area contributed by atoms with Crippen molar-refractivity contribution >= 4 is 24.0 Å². The van der Waals surface area contributed by atoms with Gasteiger partial charge in [0.15, 0.2) is 0 Å². The maximum absolute atomic E-state index is 14.0. The van der Waals surface area contributed by atoms with Crippen LogP contribution in [-0.4, -0.2) is 42.1 Å². The lowest BCUT2D eigenvalue weighted by Gasteiger charge is -2.33. The van der Waals surface area contributed by atoms with Gasteiger partial charge in [-0.05, 0) is 31.2 Å². The molecular weight excluding hydrogens is 437 g/mol. The van der Waals surface area contributed by atoms with Crippen molar-refractivity contribution in [3.8, 4) is 0 Å².